The van der Waals surface area contributed by atoms with Crippen molar-refractivity contribution in [2.75, 3.05) is 5.32 Å². The van der Waals surface area contributed by atoms with Gasteiger partial charge in [-0.25, -0.2) is 4.98 Å². The lowest BCUT2D eigenvalue weighted by Crippen LogP contribution is -2.14. The maximum Gasteiger partial charge on any atom is 0.277 e. The molecule has 0 bridgehead atoms. The molecule has 0 atom stereocenters. The Morgan fingerprint density at radius 1 is 1.23 bits per heavy atom. The molecule has 0 unspecified atom stereocenters. The van der Waals surface area contributed by atoms with Gasteiger partial charge in [0, 0.05) is 6.42 Å². The monoisotopic (exact) mass is 313 g/mol. The van der Waals surface area contributed by atoms with Crippen molar-refractivity contribution in [3.63, 3.8) is 0 Å². The normalized spacial score (nSPS) is 10.8. The van der Waals surface area contributed by atoms with Gasteiger partial charge in [-0.05, 0) is 18.6 Å². The lowest BCUT2D eigenvalue weighted by molar-refractivity contribution is 0.102. The van der Waals surface area contributed by atoms with Gasteiger partial charge < -0.3 is 0 Å². The SMILES string of the molecule is CCCCc1nnc(NC(=O)c2cnc3ccccc3n2)s1. The zero-order valence-corrected chi connectivity index (χ0v) is 12.9. The molecule has 1 N–H and O–H groups in total. The first kappa shape index (κ1) is 14.5. The second-order valence-corrected chi connectivity index (χ2v) is 5.86. The smallest absolute Gasteiger partial charge is 0.277 e. The molecule has 1 aromatic carbocycles. The van der Waals surface area contributed by atoms with Gasteiger partial charge in [0.05, 0.1) is 17.2 Å². The lowest BCUT2D eigenvalue weighted by atomic mass is 10.3. The molecule has 6 nitrogen and oxygen atoms in total. The summed E-state index contributed by atoms with van der Waals surface area (Å²) in [5.41, 5.74) is 1.72. The van der Waals surface area contributed by atoms with Gasteiger partial charge in [-0.15, -0.1) is 10.2 Å². The van der Waals surface area contributed by atoms with Crippen molar-refractivity contribution < 1.29 is 4.79 Å². The van der Waals surface area contributed by atoms with Gasteiger partial charge in [-0.3, -0.25) is 15.1 Å². The largest absolute Gasteiger partial charge is 0.295 e. The van der Waals surface area contributed by atoms with E-state index in [-0.39, 0.29) is 11.6 Å². The van der Waals surface area contributed by atoms with Gasteiger partial charge in [0.2, 0.25) is 5.13 Å². The number of hydrogen-bond donors (Lipinski definition) is 1. The molecule has 0 saturated heterocycles. The average molecular weight is 313 g/mol. The van der Waals surface area contributed by atoms with E-state index in [9.17, 15) is 4.79 Å². The van der Waals surface area contributed by atoms with Crippen molar-refractivity contribution in [3.05, 3.63) is 41.2 Å². The third-order valence-electron chi connectivity index (χ3n) is 3.11. The van der Waals surface area contributed by atoms with Gasteiger partial charge in [0.1, 0.15) is 10.7 Å². The molecular weight excluding hydrogens is 298 g/mol. The number of aromatic nitrogens is 4. The number of fused-ring (bicyclic) bond motifs is 1. The van der Waals surface area contributed by atoms with E-state index < -0.39 is 0 Å². The predicted octanol–water partition coefficient (Wildman–Crippen LogP) is 3.08. The van der Waals surface area contributed by atoms with Crippen molar-refractivity contribution in [1.82, 2.24) is 20.2 Å². The molecule has 2 aromatic heterocycles. The minimum atomic E-state index is -0.323. The van der Waals surface area contributed by atoms with E-state index in [2.05, 4.69) is 32.4 Å². The van der Waals surface area contributed by atoms with Crippen LogP contribution >= 0.6 is 11.3 Å². The molecule has 112 valence electrons. The van der Waals surface area contributed by atoms with Crippen LogP contribution in [0.25, 0.3) is 11.0 Å². The molecule has 2 heterocycles. The number of amides is 1. The highest BCUT2D eigenvalue weighted by Gasteiger charge is 2.12. The number of aryl methyl sites for hydroxylation is 1. The Bertz CT molecular complexity index is 801. The summed E-state index contributed by atoms with van der Waals surface area (Å²) < 4.78 is 0. The predicted molar refractivity (Wildman–Crippen MR) is 86.0 cm³/mol. The van der Waals surface area contributed by atoms with E-state index in [1.807, 2.05) is 24.3 Å². The quantitative estimate of drug-likeness (QED) is 0.783. The molecule has 0 fully saturated rings. The minimum Gasteiger partial charge on any atom is -0.295 e. The van der Waals surface area contributed by atoms with Crippen LogP contribution in [0.4, 0.5) is 5.13 Å². The molecule has 0 aliphatic rings. The molecular formula is C15H15N5OS. The zero-order chi connectivity index (χ0) is 15.4. The van der Waals surface area contributed by atoms with E-state index >= 15 is 0 Å². The first-order valence-electron chi connectivity index (χ1n) is 7.12. The molecule has 22 heavy (non-hydrogen) atoms. The fourth-order valence-electron chi connectivity index (χ4n) is 1.96. The second-order valence-electron chi connectivity index (χ2n) is 4.80. The Morgan fingerprint density at radius 3 is 2.86 bits per heavy atom. The molecule has 0 saturated carbocycles. The third-order valence-corrected chi connectivity index (χ3v) is 4.01. The number of anilines is 1. The summed E-state index contributed by atoms with van der Waals surface area (Å²) in [7, 11) is 0. The van der Waals surface area contributed by atoms with Crippen LogP contribution in [-0.4, -0.2) is 26.1 Å². The minimum absolute atomic E-state index is 0.268. The number of nitrogens with one attached hydrogen (secondary N) is 1. The molecule has 0 aliphatic heterocycles. The summed E-state index contributed by atoms with van der Waals surface area (Å²) in [5, 5.41) is 12.2. The molecule has 0 radical (unpaired) electrons. The summed E-state index contributed by atoms with van der Waals surface area (Å²) >= 11 is 1.40. The number of unbranched alkanes of at least 4 members (excludes halogenated alkanes) is 1. The van der Waals surface area contributed by atoms with Crippen LogP contribution in [0.3, 0.4) is 0 Å². The maximum atomic E-state index is 12.2. The number of benzene rings is 1. The summed E-state index contributed by atoms with van der Waals surface area (Å²) in [6, 6.07) is 7.43. The number of nitrogens with zero attached hydrogens (tertiary/aromatic N) is 4. The van der Waals surface area contributed by atoms with Gasteiger partial charge in [-0.1, -0.05) is 36.8 Å². The summed E-state index contributed by atoms with van der Waals surface area (Å²) in [4.78, 5) is 20.7. The summed E-state index contributed by atoms with van der Waals surface area (Å²) in [6.45, 7) is 2.13. The van der Waals surface area contributed by atoms with Crippen LogP contribution in [0.15, 0.2) is 30.5 Å². The number of carbonyl (C=O) groups excluding carboxylic acids is 1. The molecule has 7 heteroatoms. The fourth-order valence-corrected chi connectivity index (χ4v) is 2.74. The highest BCUT2D eigenvalue weighted by atomic mass is 32.1. The molecule has 3 rings (SSSR count). The van der Waals surface area contributed by atoms with Gasteiger partial charge in [-0.2, -0.15) is 0 Å². The molecule has 1 amide bonds. The first-order valence-corrected chi connectivity index (χ1v) is 7.93. The van der Waals surface area contributed by atoms with Gasteiger partial charge in [0.15, 0.2) is 0 Å². The first-order chi connectivity index (χ1) is 10.8. The Morgan fingerprint density at radius 2 is 2.05 bits per heavy atom. The summed E-state index contributed by atoms with van der Waals surface area (Å²) in [5.74, 6) is -0.323. The maximum absolute atomic E-state index is 12.2. The van der Waals surface area contributed by atoms with Crippen molar-refractivity contribution >= 4 is 33.4 Å². The fraction of sp³-hybridized carbons (Fsp3) is 0.267. The average Bonchev–Trinajstić information content (AvgIpc) is 2.99. The van der Waals surface area contributed by atoms with Crippen LogP contribution < -0.4 is 5.32 Å². The second kappa shape index (κ2) is 6.57. The highest BCUT2D eigenvalue weighted by molar-refractivity contribution is 7.15. The van der Waals surface area contributed by atoms with Crippen molar-refractivity contribution in [3.8, 4) is 0 Å². The van der Waals surface area contributed by atoms with Gasteiger partial charge in [0.25, 0.3) is 5.91 Å². The Kier molecular flexibility index (Phi) is 4.34. The Labute approximate surface area is 131 Å². The number of hydrogen-bond acceptors (Lipinski definition) is 6. The van der Waals surface area contributed by atoms with Crippen LogP contribution in [-0.2, 0) is 6.42 Å². The van der Waals surface area contributed by atoms with Gasteiger partial charge >= 0.3 is 0 Å². The number of carbonyl (C=O) groups is 1. The topological polar surface area (TPSA) is 80.7 Å². The van der Waals surface area contributed by atoms with E-state index in [1.54, 1.807) is 0 Å². The van der Waals surface area contributed by atoms with Crippen LogP contribution in [0, 0.1) is 0 Å². The summed E-state index contributed by atoms with van der Waals surface area (Å²) in [6.07, 6.45) is 4.53. The van der Waals surface area contributed by atoms with Crippen molar-refractivity contribution in [1.29, 1.82) is 0 Å². The standard InChI is InChI=1S/C15H15N5OS/c1-2-3-8-13-19-20-15(22-13)18-14(21)12-9-16-10-6-4-5-7-11(10)17-12/h4-7,9H,2-3,8H2,1H3,(H,18,20,21). The third kappa shape index (κ3) is 3.25. The molecule has 0 spiro atoms. The number of rotatable bonds is 5. The highest BCUT2D eigenvalue weighted by Crippen LogP contribution is 2.18. The number of para-hydroxylation sites is 2. The zero-order valence-electron chi connectivity index (χ0n) is 12.1. The van der Waals surface area contributed by atoms with E-state index in [0.717, 1.165) is 29.8 Å². The van der Waals surface area contributed by atoms with E-state index in [1.165, 1.54) is 17.5 Å². The van der Waals surface area contributed by atoms with E-state index in [0.29, 0.717) is 10.6 Å². The molecule has 3 aromatic rings. The lowest BCUT2D eigenvalue weighted by Gasteiger charge is -2.01. The van der Waals surface area contributed by atoms with Crippen molar-refractivity contribution in [2.24, 2.45) is 0 Å². The van der Waals surface area contributed by atoms with E-state index in [4.69, 9.17) is 0 Å². The van der Waals surface area contributed by atoms with Crippen LogP contribution in [0.5, 0.6) is 0 Å². The van der Waals surface area contributed by atoms with Crippen molar-refractivity contribution in [2.45, 2.75) is 26.2 Å². The Hall–Kier alpha value is -2.41. The molecule has 0 aliphatic carbocycles. The Balaban J connectivity index is 1.73. The van der Waals surface area contributed by atoms with Crippen LogP contribution in [0.1, 0.15) is 35.3 Å². The van der Waals surface area contributed by atoms with Crippen LogP contribution in [0.2, 0.25) is 0 Å².